The van der Waals surface area contributed by atoms with Crippen LogP contribution in [0.5, 0.6) is 6.01 Å². The number of hydrogen-bond donors (Lipinski definition) is 1. The number of carbonyl (C=O) groups is 1. The number of aromatic nitrogens is 6. The van der Waals surface area contributed by atoms with Gasteiger partial charge in [-0.05, 0) is 37.8 Å². The second kappa shape index (κ2) is 9.19. The summed E-state index contributed by atoms with van der Waals surface area (Å²) in [5.41, 5.74) is 1.75. The van der Waals surface area contributed by atoms with Crippen molar-refractivity contribution >= 4 is 22.9 Å². The Labute approximate surface area is 205 Å². The number of nitrogens with one attached hydrogen (secondary N) is 1. The van der Waals surface area contributed by atoms with Gasteiger partial charge in [-0.2, -0.15) is 20.1 Å². The summed E-state index contributed by atoms with van der Waals surface area (Å²) in [6.45, 7) is 0.919. The minimum atomic E-state index is -2.88. The summed E-state index contributed by atoms with van der Waals surface area (Å²) in [7, 11) is 0. The van der Waals surface area contributed by atoms with Crippen LogP contribution in [-0.4, -0.2) is 92.4 Å². The van der Waals surface area contributed by atoms with Crippen molar-refractivity contribution in [3.63, 3.8) is 0 Å². The minimum absolute atomic E-state index is 0.00102. The molecule has 6 rings (SSSR count). The zero-order chi connectivity index (χ0) is 24.7. The van der Waals surface area contributed by atoms with E-state index in [-0.39, 0.29) is 30.5 Å². The maximum Gasteiger partial charge on any atom is 0.322 e. The van der Waals surface area contributed by atoms with Crippen molar-refractivity contribution in [2.24, 2.45) is 0 Å². The van der Waals surface area contributed by atoms with Gasteiger partial charge >= 0.3 is 6.01 Å². The topological polar surface area (TPSA) is 122 Å². The molecule has 0 aliphatic carbocycles. The van der Waals surface area contributed by atoms with Gasteiger partial charge in [0.25, 0.3) is 11.8 Å². The molecule has 3 aliphatic rings. The normalized spacial score (nSPS) is 22.1. The predicted molar refractivity (Wildman–Crippen MR) is 123 cm³/mol. The van der Waals surface area contributed by atoms with E-state index in [0.717, 1.165) is 41.7 Å². The SMILES string of the molecule is O=C(c1nc(OC[C@H]2CCCO2)nc(N2CCC(c3[nH]nc4ncccc34)CC2)n1)N1CC(F)(F)C1. The second-order valence-electron chi connectivity index (χ2n) is 9.48. The minimum Gasteiger partial charge on any atom is -0.461 e. The van der Waals surface area contributed by atoms with E-state index in [1.807, 2.05) is 17.0 Å². The van der Waals surface area contributed by atoms with Gasteiger partial charge in [0.05, 0.1) is 19.2 Å². The lowest BCUT2D eigenvalue weighted by molar-refractivity contribution is -0.113. The first kappa shape index (κ1) is 23.0. The van der Waals surface area contributed by atoms with E-state index < -0.39 is 24.9 Å². The Morgan fingerprint density at radius 2 is 2.03 bits per heavy atom. The van der Waals surface area contributed by atoms with Gasteiger partial charge in [-0.3, -0.25) is 9.89 Å². The number of piperidine rings is 1. The van der Waals surface area contributed by atoms with Gasteiger partial charge in [0.15, 0.2) is 5.65 Å². The smallest absolute Gasteiger partial charge is 0.322 e. The molecule has 0 unspecified atom stereocenters. The Kier molecular flexibility index (Phi) is 5.86. The number of likely N-dealkylation sites (tertiary alicyclic amines) is 1. The largest absolute Gasteiger partial charge is 0.461 e. The number of carbonyl (C=O) groups excluding carboxylic acids is 1. The van der Waals surface area contributed by atoms with Crippen molar-refractivity contribution in [3.8, 4) is 6.01 Å². The van der Waals surface area contributed by atoms with Crippen molar-refractivity contribution in [2.75, 3.05) is 44.3 Å². The number of H-pyrrole nitrogens is 1. The number of pyridine rings is 1. The highest BCUT2D eigenvalue weighted by atomic mass is 19.3. The van der Waals surface area contributed by atoms with Crippen LogP contribution in [0.15, 0.2) is 18.3 Å². The molecule has 13 heteroatoms. The highest BCUT2D eigenvalue weighted by Crippen LogP contribution is 2.33. The quantitative estimate of drug-likeness (QED) is 0.543. The highest BCUT2D eigenvalue weighted by Gasteiger charge is 2.47. The fourth-order valence-electron chi connectivity index (χ4n) is 4.94. The van der Waals surface area contributed by atoms with Crippen molar-refractivity contribution in [1.82, 2.24) is 35.0 Å². The molecule has 0 bridgehead atoms. The number of amides is 1. The molecule has 6 heterocycles. The molecule has 1 atom stereocenters. The number of ether oxygens (including phenoxy) is 2. The summed E-state index contributed by atoms with van der Waals surface area (Å²) in [6, 6.07) is 3.90. The molecule has 0 spiro atoms. The Bertz CT molecular complexity index is 1250. The number of halogens is 2. The average Bonchev–Trinajstić information content (AvgIpc) is 3.56. The Balaban J connectivity index is 1.19. The van der Waals surface area contributed by atoms with E-state index in [1.54, 1.807) is 6.20 Å². The first-order chi connectivity index (χ1) is 17.4. The first-order valence-corrected chi connectivity index (χ1v) is 12.2. The molecule has 190 valence electrons. The number of rotatable bonds is 6. The summed E-state index contributed by atoms with van der Waals surface area (Å²) in [6.07, 6.45) is 5.11. The predicted octanol–water partition coefficient (Wildman–Crippen LogP) is 2.18. The van der Waals surface area contributed by atoms with Gasteiger partial charge < -0.3 is 19.3 Å². The molecule has 3 saturated heterocycles. The van der Waals surface area contributed by atoms with Crippen molar-refractivity contribution in [3.05, 3.63) is 29.8 Å². The van der Waals surface area contributed by atoms with Crippen LogP contribution in [0.2, 0.25) is 0 Å². The third-order valence-electron chi connectivity index (χ3n) is 6.89. The summed E-state index contributed by atoms with van der Waals surface area (Å²) >= 11 is 0. The lowest BCUT2D eigenvalue weighted by Crippen LogP contribution is -2.58. The molecule has 0 saturated carbocycles. The van der Waals surface area contributed by atoms with Crippen LogP contribution in [0.3, 0.4) is 0 Å². The average molecular weight is 501 g/mol. The van der Waals surface area contributed by atoms with Crippen molar-refractivity contribution < 1.29 is 23.0 Å². The molecule has 0 radical (unpaired) electrons. The number of aromatic amines is 1. The van der Waals surface area contributed by atoms with Gasteiger partial charge in [-0.15, -0.1) is 0 Å². The molecular formula is C23H26F2N8O3. The van der Waals surface area contributed by atoms with Gasteiger partial charge in [0.2, 0.25) is 11.8 Å². The molecule has 3 aromatic rings. The molecule has 11 nitrogen and oxygen atoms in total. The molecular weight excluding hydrogens is 474 g/mol. The molecule has 0 aromatic carbocycles. The number of hydrogen-bond acceptors (Lipinski definition) is 9. The molecule has 3 aromatic heterocycles. The van der Waals surface area contributed by atoms with Gasteiger partial charge in [-0.25, -0.2) is 13.8 Å². The van der Waals surface area contributed by atoms with E-state index in [2.05, 4.69) is 30.1 Å². The zero-order valence-corrected chi connectivity index (χ0v) is 19.6. The van der Waals surface area contributed by atoms with E-state index in [4.69, 9.17) is 9.47 Å². The molecule has 3 aliphatic heterocycles. The maximum atomic E-state index is 13.4. The highest BCUT2D eigenvalue weighted by molar-refractivity contribution is 5.91. The van der Waals surface area contributed by atoms with Crippen LogP contribution >= 0.6 is 0 Å². The first-order valence-electron chi connectivity index (χ1n) is 12.2. The zero-order valence-electron chi connectivity index (χ0n) is 19.6. The number of alkyl halides is 2. The lowest BCUT2D eigenvalue weighted by Gasteiger charge is -2.38. The summed E-state index contributed by atoms with van der Waals surface area (Å²) in [5.74, 6) is -3.16. The van der Waals surface area contributed by atoms with Gasteiger partial charge in [0, 0.05) is 42.9 Å². The monoisotopic (exact) mass is 500 g/mol. The molecule has 1 N–H and O–H groups in total. The van der Waals surface area contributed by atoms with Crippen LogP contribution < -0.4 is 9.64 Å². The van der Waals surface area contributed by atoms with Gasteiger partial charge in [-0.1, -0.05) is 0 Å². The van der Waals surface area contributed by atoms with Crippen LogP contribution in [0.1, 0.15) is 47.9 Å². The summed E-state index contributed by atoms with van der Waals surface area (Å²) < 4.78 is 38.1. The number of anilines is 1. The fourth-order valence-corrected chi connectivity index (χ4v) is 4.94. The summed E-state index contributed by atoms with van der Waals surface area (Å²) in [5, 5.41) is 8.45. The molecule has 1 amide bonds. The molecule has 36 heavy (non-hydrogen) atoms. The fraction of sp³-hybridized carbons (Fsp3) is 0.565. The lowest BCUT2D eigenvalue weighted by atomic mass is 9.92. The van der Waals surface area contributed by atoms with E-state index in [0.29, 0.717) is 31.3 Å². The number of fused-ring (bicyclic) bond motifs is 1. The summed E-state index contributed by atoms with van der Waals surface area (Å²) in [4.78, 5) is 33.1. The van der Waals surface area contributed by atoms with Gasteiger partial charge in [0.1, 0.15) is 6.61 Å². The van der Waals surface area contributed by atoms with Crippen LogP contribution in [0.25, 0.3) is 11.0 Å². The third kappa shape index (κ3) is 4.54. The number of nitrogens with zero attached hydrogens (tertiary/aromatic N) is 7. The van der Waals surface area contributed by atoms with E-state index >= 15 is 0 Å². The van der Waals surface area contributed by atoms with Crippen LogP contribution in [-0.2, 0) is 4.74 Å². The Hall–Kier alpha value is -3.48. The Morgan fingerprint density at radius 1 is 1.19 bits per heavy atom. The molecule has 3 fully saturated rings. The van der Waals surface area contributed by atoms with Crippen LogP contribution in [0, 0.1) is 0 Å². The van der Waals surface area contributed by atoms with E-state index in [9.17, 15) is 13.6 Å². The second-order valence-corrected chi connectivity index (χ2v) is 9.48. The standard InChI is InChI=1S/C23H26F2N8O3/c24-23(25)12-33(13-23)20(34)19-27-21(29-22(28-19)36-11-15-3-2-10-35-15)32-8-5-14(6-9-32)17-16-4-1-7-26-18(16)31-30-17/h1,4,7,14-15H,2-3,5-6,8-13H2,(H,26,30,31)/t15-/m1/s1. The maximum absolute atomic E-state index is 13.4. The Morgan fingerprint density at radius 3 is 2.78 bits per heavy atom. The third-order valence-corrected chi connectivity index (χ3v) is 6.89. The van der Waals surface area contributed by atoms with E-state index in [1.165, 1.54) is 0 Å². The van der Waals surface area contributed by atoms with Crippen molar-refractivity contribution in [2.45, 2.75) is 43.6 Å². The van der Waals surface area contributed by atoms with Crippen LogP contribution in [0.4, 0.5) is 14.7 Å². The van der Waals surface area contributed by atoms with Crippen molar-refractivity contribution in [1.29, 1.82) is 0 Å².